The number of hydrogen-bond donors (Lipinski definition) is 0. The van der Waals surface area contributed by atoms with Gasteiger partial charge in [0.05, 0.1) is 12.4 Å². The molecule has 5 nitrogen and oxygen atoms in total. The third-order valence-electron chi connectivity index (χ3n) is 2.03. The van der Waals surface area contributed by atoms with E-state index < -0.39 is 0 Å². The summed E-state index contributed by atoms with van der Waals surface area (Å²) >= 11 is 2.94. The van der Waals surface area contributed by atoms with Crippen LogP contribution in [0, 0.1) is 6.92 Å². The molecule has 0 aliphatic rings. The zero-order valence-corrected chi connectivity index (χ0v) is 11.9. The molecule has 0 atom stereocenters. The number of nitrogens with zero attached hydrogens (tertiary/aromatic N) is 3. The van der Waals surface area contributed by atoms with E-state index in [-0.39, 0.29) is 5.91 Å². The van der Waals surface area contributed by atoms with E-state index in [9.17, 15) is 4.79 Å². The van der Waals surface area contributed by atoms with Gasteiger partial charge in [0.15, 0.2) is 4.34 Å². The number of carbonyl (C=O) groups is 1. The molecule has 0 aromatic carbocycles. The lowest BCUT2D eigenvalue weighted by molar-refractivity contribution is -0.127. The Hall–Kier alpha value is -0.660. The first-order chi connectivity index (χ1) is 8.13. The molecule has 1 amide bonds. The van der Waals surface area contributed by atoms with Crippen molar-refractivity contribution in [1.82, 2.24) is 15.1 Å². The van der Waals surface area contributed by atoms with E-state index in [1.165, 1.54) is 23.1 Å². The highest BCUT2D eigenvalue weighted by Crippen LogP contribution is 2.21. The van der Waals surface area contributed by atoms with Crippen molar-refractivity contribution in [2.75, 3.05) is 32.6 Å². The van der Waals surface area contributed by atoms with Gasteiger partial charge in [-0.2, -0.15) is 0 Å². The summed E-state index contributed by atoms with van der Waals surface area (Å²) in [6, 6.07) is 0. The van der Waals surface area contributed by atoms with E-state index in [0.29, 0.717) is 25.5 Å². The standard InChI is InChI=1S/C10H17N3O2S2/c1-4-15-6-5-13(3)9(14)7-16-10-12-11-8(2)17-10/h4-7H2,1-3H3. The van der Waals surface area contributed by atoms with Crippen molar-refractivity contribution in [2.45, 2.75) is 18.2 Å². The first-order valence-electron chi connectivity index (χ1n) is 5.38. The van der Waals surface area contributed by atoms with Crippen LogP contribution in [0.2, 0.25) is 0 Å². The van der Waals surface area contributed by atoms with E-state index in [4.69, 9.17) is 4.74 Å². The number of likely N-dealkylation sites (N-methyl/N-ethyl adjacent to an activating group) is 1. The minimum Gasteiger partial charge on any atom is -0.380 e. The Bertz CT molecular complexity index is 357. The van der Waals surface area contributed by atoms with Crippen LogP contribution in [-0.2, 0) is 9.53 Å². The summed E-state index contributed by atoms with van der Waals surface area (Å²) in [5, 5.41) is 8.78. The molecular weight excluding hydrogens is 258 g/mol. The Morgan fingerprint density at radius 1 is 1.53 bits per heavy atom. The smallest absolute Gasteiger partial charge is 0.232 e. The molecule has 96 valence electrons. The minimum atomic E-state index is 0.0857. The summed E-state index contributed by atoms with van der Waals surface area (Å²) in [5.41, 5.74) is 0. The SMILES string of the molecule is CCOCCN(C)C(=O)CSc1nnc(C)s1. The topological polar surface area (TPSA) is 55.3 Å². The van der Waals surface area contributed by atoms with E-state index in [1.807, 2.05) is 13.8 Å². The lowest BCUT2D eigenvalue weighted by atomic mass is 10.5. The van der Waals surface area contributed by atoms with Crippen molar-refractivity contribution in [2.24, 2.45) is 0 Å². The van der Waals surface area contributed by atoms with Gasteiger partial charge in [-0.05, 0) is 13.8 Å². The van der Waals surface area contributed by atoms with E-state index in [0.717, 1.165) is 9.35 Å². The monoisotopic (exact) mass is 275 g/mol. The average Bonchev–Trinajstić information content (AvgIpc) is 2.72. The van der Waals surface area contributed by atoms with Crippen molar-refractivity contribution in [1.29, 1.82) is 0 Å². The molecule has 0 aliphatic carbocycles. The van der Waals surface area contributed by atoms with Gasteiger partial charge in [-0.1, -0.05) is 23.1 Å². The van der Waals surface area contributed by atoms with Gasteiger partial charge in [0.2, 0.25) is 5.91 Å². The molecule has 1 aromatic heterocycles. The number of thioether (sulfide) groups is 1. The minimum absolute atomic E-state index is 0.0857. The molecule has 1 aromatic rings. The summed E-state index contributed by atoms with van der Waals surface area (Å²) < 4.78 is 6.04. The maximum absolute atomic E-state index is 11.7. The molecule has 0 unspecified atom stereocenters. The highest BCUT2D eigenvalue weighted by molar-refractivity contribution is 8.01. The first-order valence-corrected chi connectivity index (χ1v) is 7.18. The molecule has 0 bridgehead atoms. The summed E-state index contributed by atoms with van der Waals surface area (Å²) in [6.07, 6.45) is 0. The molecule has 0 fully saturated rings. The van der Waals surface area contributed by atoms with Crippen molar-refractivity contribution in [3.63, 3.8) is 0 Å². The largest absolute Gasteiger partial charge is 0.380 e. The fourth-order valence-electron chi connectivity index (χ4n) is 1.04. The summed E-state index contributed by atoms with van der Waals surface area (Å²) in [4.78, 5) is 13.4. The maximum atomic E-state index is 11.7. The van der Waals surface area contributed by atoms with Crippen LogP contribution in [-0.4, -0.2) is 53.6 Å². The summed E-state index contributed by atoms with van der Waals surface area (Å²) in [7, 11) is 1.78. The Morgan fingerprint density at radius 2 is 2.29 bits per heavy atom. The van der Waals surface area contributed by atoms with Gasteiger partial charge in [-0.25, -0.2) is 0 Å². The molecule has 0 saturated carbocycles. The summed E-state index contributed by atoms with van der Waals surface area (Å²) in [6.45, 7) is 5.73. The van der Waals surface area contributed by atoms with Gasteiger partial charge < -0.3 is 9.64 Å². The molecule has 7 heteroatoms. The van der Waals surface area contributed by atoms with Gasteiger partial charge >= 0.3 is 0 Å². The normalized spacial score (nSPS) is 10.5. The lowest BCUT2D eigenvalue weighted by Gasteiger charge is -2.16. The second-order valence-corrected chi connectivity index (χ2v) is 5.79. The number of carbonyl (C=O) groups excluding carboxylic acids is 1. The molecular formula is C10H17N3O2S2. The number of rotatable bonds is 7. The predicted molar refractivity (Wildman–Crippen MR) is 69.5 cm³/mol. The molecule has 0 aliphatic heterocycles. The highest BCUT2D eigenvalue weighted by atomic mass is 32.2. The number of aromatic nitrogens is 2. The Morgan fingerprint density at radius 3 is 2.88 bits per heavy atom. The molecule has 17 heavy (non-hydrogen) atoms. The van der Waals surface area contributed by atoms with Crippen LogP contribution in [0.4, 0.5) is 0 Å². The third-order valence-corrected chi connectivity index (χ3v) is 3.98. The first kappa shape index (κ1) is 14.4. The van der Waals surface area contributed by atoms with Gasteiger partial charge in [-0.15, -0.1) is 10.2 Å². The third kappa shape index (κ3) is 5.47. The molecule has 0 radical (unpaired) electrons. The molecule has 1 rings (SSSR count). The number of hydrogen-bond acceptors (Lipinski definition) is 6. The van der Waals surface area contributed by atoms with Crippen LogP contribution in [0.15, 0.2) is 4.34 Å². The predicted octanol–water partition coefficient (Wildman–Crippen LogP) is 1.43. The lowest BCUT2D eigenvalue weighted by Crippen LogP contribution is -2.31. The van der Waals surface area contributed by atoms with Crippen LogP contribution >= 0.6 is 23.1 Å². The van der Waals surface area contributed by atoms with E-state index >= 15 is 0 Å². The molecule has 0 spiro atoms. The second-order valence-electron chi connectivity index (χ2n) is 3.39. The van der Waals surface area contributed by atoms with Gasteiger partial charge in [0.25, 0.3) is 0 Å². The van der Waals surface area contributed by atoms with E-state index in [2.05, 4.69) is 10.2 Å². The van der Waals surface area contributed by atoms with Gasteiger partial charge in [-0.3, -0.25) is 4.79 Å². The molecule has 0 saturated heterocycles. The van der Waals surface area contributed by atoms with Crippen molar-refractivity contribution >= 4 is 29.0 Å². The fraction of sp³-hybridized carbons (Fsp3) is 0.700. The summed E-state index contributed by atoms with van der Waals surface area (Å²) in [5.74, 6) is 0.486. The quantitative estimate of drug-likeness (QED) is 0.556. The van der Waals surface area contributed by atoms with Crippen LogP contribution in [0.1, 0.15) is 11.9 Å². The Labute approximate surface area is 110 Å². The van der Waals surface area contributed by atoms with Crippen LogP contribution < -0.4 is 0 Å². The van der Waals surface area contributed by atoms with Crippen LogP contribution in [0.25, 0.3) is 0 Å². The maximum Gasteiger partial charge on any atom is 0.232 e. The van der Waals surface area contributed by atoms with Crippen LogP contribution in [0.3, 0.4) is 0 Å². The van der Waals surface area contributed by atoms with E-state index in [1.54, 1.807) is 11.9 Å². The number of ether oxygens (including phenoxy) is 1. The number of aryl methyl sites for hydroxylation is 1. The van der Waals surface area contributed by atoms with Gasteiger partial charge in [0.1, 0.15) is 5.01 Å². The molecule has 1 heterocycles. The zero-order valence-electron chi connectivity index (χ0n) is 10.3. The molecule has 0 N–H and O–H groups in total. The number of amides is 1. The Kier molecular flexibility index (Phi) is 6.46. The zero-order chi connectivity index (χ0) is 12.7. The highest BCUT2D eigenvalue weighted by Gasteiger charge is 2.10. The second kappa shape index (κ2) is 7.62. The fourth-order valence-corrected chi connectivity index (χ4v) is 2.80. The van der Waals surface area contributed by atoms with Crippen LogP contribution in [0.5, 0.6) is 0 Å². The average molecular weight is 275 g/mol. The van der Waals surface area contributed by atoms with Crippen molar-refractivity contribution < 1.29 is 9.53 Å². The van der Waals surface area contributed by atoms with Gasteiger partial charge in [0, 0.05) is 20.2 Å². The van der Waals surface area contributed by atoms with Crippen molar-refractivity contribution in [3.05, 3.63) is 5.01 Å². The van der Waals surface area contributed by atoms with Crippen molar-refractivity contribution in [3.8, 4) is 0 Å². The Balaban J connectivity index is 2.24.